The minimum absolute atomic E-state index is 0.108. The summed E-state index contributed by atoms with van der Waals surface area (Å²) in [7, 11) is 0. The molecule has 14 heavy (non-hydrogen) atoms. The van der Waals surface area contributed by atoms with Gasteiger partial charge < -0.3 is 10.8 Å². The predicted octanol–water partition coefficient (Wildman–Crippen LogP) is 0.818. The Kier molecular flexibility index (Phi) is 2.84. The smallest absolute Gasteiger partial charge is 0.0541 e. The number of nitrogens with two attached hydrogens (primary N) is 1. The summed E-state index contributed by atoms with van der Waals surface area (Å²) in [6.07, 6.45) is 5.48. The Morgan fingerprint density at radius 2 is 2.14 bits per heavy atom. The van der Waals surface area contributed by atoms with Gasteiger partial charge in [0.1, 0.15) is 0 Å². The lowest BCUT2D eigenvalue weighted by atomic mass is 9.93. The highest BCUT2D eigenvalue weighted by Crippen LogP contribution is 2.28. The van der Waals surface area contributed by atoms with Gasteiger partial charge in [-0.15, -0.1) is 0 Å². The number of nitrogens with zero attached hydrogens (tertiary/aromatic N) is 2. The minimum atomic E-state index is -0.108. The van der Waals surface area contributed by atoms with Crippen LogP contribution in [0.2, 0.25) is 0 Å². The molecule has 1 saturated carbocycles. The SMILES string of the molecule is NCc1ccnn1C1CCC(O)CC1. The van der Waals surface area contributed by atoms with E-state index in [0.717, 1.165) is 31.4 Å². The van der Waals surface area contributed by atoms with Crippen LogP contribution in [0.15, 0.2) is 12.3 Å². The zero-order chi connectivity index (χ0) is 9.97. The molecule has 1 fully saturated rings. The molecule has 0 aliphatic heterocycles. The average Bonchev–Trinajstić information content (AvgIpc) is 2.67. The molecule has 4 heteroatoms. The van der Waals surface area contributed by atoms with Crippen molar-refractivity contribution < 1.29 is 5.11 Å². The van der Waals surface area contributed by atoms with Crippen LogP contribution in [-0.2, 0) is 6.54 Å². The summed E-state index contributed by atoms with van der Waals surface area (Å²) in [6.45, 7) is 0.541. The monoisotopic (exact) mass is 195 g/mol. The van der Waals surface area contributed by atoms with Gasteiger partial charge in [0.25, 0.3) is 0 Å². The highest BCUT2D eigenvalue weighted by atomic mass is 16.3. The van der Waals surface area contributed by atoms with Crippen LogP contribution in [0.4, 0.5) is 0 Å². The van der Waals surface area contributed by atoms with Crippen LogP contribution < -0.4 is 5.73 Å². The van der Waals surface area contributed by atoms with Crippen molar-refractivity contribution in [2.75, 3.05) is 0 Å². The van der Waals surface area contributed by atoms with E-state index in [0.29, 0.717) is 12.6 Å². The first-order chi connectivity index (χ1) is 6.81. The normalized spacial score (nSPS) is 27.9. The van der Waals surface area contributed by atoms with Gasteiger partial charge in [-0.3, -0.25) is 4.68 Å². The molecule has 1 heterocycles. The van der Waals surface area contributed by atoms with E-state index in [1.165, 1.54) is 0 Å². The molecule has 0 radical (unpaired) electrons. The van der Waals surface area contributed by atoms with Crippen LogP contribution in [0.1, 0.15) is 37.4 Å². The maximum absolute atomic E-state index is 9.40. The van der Waals surface area contributed by atoms with Gasteiger partial charge in [0.05, 0.1) is 17.8 Å². The van der Waals surface area contributed by atoms with Gasteiger partial charge in [-0.1, -0.05) is 0 Å². The first kappa shape index (κ1) is 9.68. The molecule has 4 nitrogen and oxygen atoms in total. The second-order valence-electron chi connectivity index (χ2n) is 3.93. The van der Waals surface area contributed by atoms with Crippen molar-refractivity contribution in [1.29, 1.82) is 0 Å². The third-order valence-corrected chi connectivity index (χ3v) is 2.97. The van der Waals surface area contributed by atoms with Gasteiger partial charge in [0, 0.05) is 12.7 Å². The third kappa shape index (κ3) is 1.81. The van der Waals surface area contributed by atoms with Crippen molar-refractivity contribution in [3.63, 3.8) is 0 Å². The van der Waals surface area contributed by atoms with E-state index in [9.17, 15) is 5.11 Å². The predicted molar refractivity (Wildman–Crippen MR) is 53.6 cm³/mol. The molecular weight excluding hydrogens is 178 g/mol. The van der Waals surface area contributed by atoms with Gasteiger partial charge in [0.2, 0.25) is 0 Å². The van der Waals surface area contributed by atoms with Crippen molar-refractivity contribution in [3.05, 3.63) is 18.0 Å². The van der Waals surface area contributed by atoms with E-state index in [2.05, 4.69) is 5.10 Å². The summed E-state index contributed by atoms with van der Waals surface area (Å²) in [6, 6.07) is 2.40. The van der Waals surface area contributed by atoms with Gasteiger partial charge in [0.15, 0.2) is 0 Å². The Labute approximate surface area is 83.7 Å². The van der Waals surface area contributed by atoms with Gasteiger partial charge in [-0.25, -0.2) is 0 Å². The zero-order valence-corrected chi connectivity index (χ0v) is 8.26. The molecule has 1 aromatic rings. The zero-order valence-electron chi connectivity index (χ0n) is 8.26. The van der Waals surface area contributed by atoms with Crippen LogP contribution >= 0.6 is 0 Å². The molecule has 78 valence electrons. The molecule has 2 rings (SSSR count). The maximum Gasteiger partial charge on any atom is 0.0541 e. The van der Waals surface area contributed by atoms with Crippen molar-refractivity contribution >= 4 is 0 Å². The second-order valence-corrected chi connectivity index (χ2v) is 3.93. The number of hydrogen-bond donors (Lipinski definition) is 2. The Morgan fingerprint density at radius 1 is 1.43 bits per heavy atom. The molecule has 1 aliphatic carbocycles. The van der Waals surface area contributed by atoms with Crippen molar-refractivity contribution in [3.8, 4) is 0 Å². The van der Waals surface area contributed by atoms with E-state index < -0.39 is 0 Å². The quantitative estimate of drug-likeness (QED) is 0.734. The van der Waals surface area contributed by atoms with Gasteiger partial charge in [-0.2, -0.15) is 5.10 Å². The molecule has 0 spiro atoms. The Hall–Kier alpha value is -0.870. The van der Waals surface area contributed by atoms with E-state index >= 15 is 0 Å². The lowest BCUT2D eigenvalue weighted by Crippen LogP contribution is -2.23. The van der Waals surface area contributed by atoms with E-state index in [1.807, 2.05) is 10.7 Å². The maximum atomic E-state index is 9.40. The Morgan fingerprint density at radius 3 is 2.79 bits per heavy atom. The molecule has 0 aromatic carbocycles. The summed E-state index contributed by atoms with van der Waals surface area (Å²) in [5, 5.41) is 13.7. The average molecular weight is 195 g/mol. The number of rotatable bonds is 2. The molecule has 0 saturated heterocycles. The number of aliphatic hydroxyl groups is 1. The Balaban J connectivity index is 2.08. The Bertz CT molecular complexity index is 289. The first-order valence-electron chi connectivity index (χ1n) is 5.22. The lowest BCUT2D eigenvalue weighted by molar-refractivity contribution is 0.107. The van der Waals surface area contributed by atoms with Crippen LogP contribution in [0, 0.1) is 0 Å². The fourth-order valence-corrected chi connectivity index (χ4v) is 2.13. The third-order valence-electron chi connectivity index (χ3n) is 2.97. The first-order valence-corrected chi connectivity index (χ1v) is 5.22. The highest BCUT2D eigenvalue weighted by Gasteiger charge is 2.22. The summed E-state index contributed by atoms with van der Waals surface area (Å²) < 4.78 is 2.02. The van der Waals surface area contributed by atoms with Crippen molar-refractivity contribution in [2.24, 2.45) is 5.73 Å². The molecule has 0 unspecified atom stereocenters. The van der Waals surface area contributed by atoms with Crippen molar-refractivity contribution in [1.82, 2.24) is 9.78 Å². The van der Waals surface area contributed by atoms with Crippen LogP contribution in [0.3, 0.4) is 0 Å². The van der Waals surface area contributed by atoms with Gasteiger partial charge in [-0.05, 0) is 31.7 Å². The van der Waals surface area contributed by atoms with E-state index in [4.69, 9.17) is 5.73 Å². The summed E-state index contributed by atoms with van der Waals surface area (Å²) in [4.78, 5) is 0. The number of aromatic nitrogens is 2. The fourth-order valence-electron chi connectivity index (χ4n) is 2.13. The van der Waals surface area contributed by atoms with Crippen LogP contribution in [-0.4, -0.2) is 21.0 Å². The summed E-state index contributed by atoms with van der Waals surface area (Å²) >= 11 is 0. The molecule has 0 atom stereocenters. The number of aliphatic hydroxyl groups excluding tert-OH is 1. The molecule has 0 amide bonds. The summed E-state index contributed by atoms with van der Waals surface area (Å²) in [5.74, 6) is 0. The molecule has 1 aromatic heterocycles. The van der Waals surface area contributed by atoms with Crippen molar-refractivity contribution in [2.45, 2.75) is 44.4 Å². The van der Waals surface area contributed by atoms with E-state index in [1.54, 1.807) is 6.20 Å². The minimum Gasteiger partial charge on any atom is -0.393 e. The largest absolute Gasteiger partial charge is 0.393 e. The molecule has 1 aliphatic rings. The topological polar surface area (TPSA) is 64.1 Å². The second kappa shape index (κ2) is 4.11. The van der Waals surface area contributed by atoms with Crippen LogP contribution in [0.5, 0.6) is 0 Å². The number of hydrogen-bond acceptors (Lipinski definition) is 3. The summed E-state index contributed by atoms with van der Waals surface area (Å²) in [5.41, 5.74) is 6.71. The standard InChI is InChI=1S/C10H17N3O/c11-7-9-5-6-12-13(9)8-1-3-10(14)4-2-8/h5-6,8,10,14H,1-4,7,11H2. The molecule has 3 N–H and O–H groups in total. The van der Waals surface area contributed by atoms with Crippen LogP contribution in [0.25, 0.3) is 0 Å². The lowest BCUT2D eigenvalue weighted by Gasteiger charge is -2.26. The van der Waals surface area contributed by atoms with E-state index in [-0.39, 0.29) is 6.10 Å². The fraction of sp³-hybridized carbons (Fsp3) is 0.700. The molecule has 0 bridgehead atoms. The highest BCUT2D eigenvalue weighted by molar-refractivity contribution is 5.01. The van der Waals surface area contributed by atoms with Gasteiger partial charge >= 0.3 is 0 Å². The molecular formula is C10H17N3O.